The highest BCUT2D eigenvalue weighted by atomic mass is 16.2. The van der Waals surface area contributed by atoms with Crippen molar-refractivity contribution in [2.24, 2.45) is 0 Å². The summed E-state index contributed by atoms with van der Waals surface area (Å²) in [6.07, 6.45) is 6.97. The van der Waals surface area contributed by atoms with Crippen LogP contribution >= 0.6 is 0 Å². The zero-order valence-electron chi connectivity index (χ0n) is 10.8. The summed E-state index contributed by atoms with van der Waals surface area (Å²) < 4.78 is 2.07. The molecule has 1 aliphatic rings. The van der Waals surface area contributed by atoms with E-state index >= 15 is 0 Å². The van der Waals surface area contributed by atoms with Crippen LogP contribution in [0.2, 0.25) is 0 Å². The predicted octanol–water partition coefficient (Wildman–Crippen LogP) is 1.90. The Morgan fingerprint density at radius 2 is 2.05 bits per heavy atom. The van der Waals surface area contributed by atoms with Gasteiger partial charge in [0.2, 0.25) is 5.91 Å². The molecule has 0 spiro atoms. The van der Waals surface area contributed by atoms with Crippen LogP contribution in [0.1, 0.15) is 18.0 Å². The topological polar surface area (TPSA) is 38.1 Å². The zero-order chi connectivity index (χ0) is 13.1. The van der Waals surface area contributed by atoms with Crippen LogP contribution in [0.25, 0.3) is 0 Å². The van der Waals surface area contributed by atoms with E-state index in [1.54, 1.807) is 6.20 Å². The molecule has 0 unspecified atom stereocenters. The molecule has 0 saturated carbocycles. The minimum atomic E-state index is 0.250. The fourth-order valence-corrected chi connectivity index (χ4v) is 2.39. The Kier molecular flexibility index (Phi) is 3.31. The molecule has 19 heavy (non-hydrogen) atoms. The molecule has 2 heterocycles. The van der Waals surface area contributed by atoms with Crippen molar-refractivity contribution in [1.82, 2.24) is 14.5 Å². The number of carbonyl (C=O) groups is 1. The Morgan fingerprint density at radius 1 is 1.26 bits per heavy atom. The van der Waals surface area contributed by atoms with Crippen molar-refractivity contribution < 1.29 is 4.79 Å². The zero-order valence-corrected chi connectivity index (χ0v) is 10.8. The van der Waals surface area contributed by atoms with Crippen LogP contribution in [-0.2, 0) is 11.2 Å². The molecule has 1 amide bonds. The first-order valence-corrected chi connectivity index (χ1v) is 6.62. The summed E-state index contributed by atoms with van der Waals surface area (Å²) in [4.78, 5) is 18.0. The Labute approximate surface area is 112 Å². The molecule has 98 valence electrons. The van der Waals surface area contributed by atoms with E-state index in [0.29, 0.717) is 12.5 Å². The summed E-state index contributed by atoms with van der Waals surface area (Å²) in [6.45, 7) is 1.62. The number of aromatic nitrogens is 2. The van der Waals surface area contributed by atoms with Crippen molar-refractivity contribution in [3.63, 3.8) is 0 Å². The van der Waals surface area contributed by atoms with Gasteiger partial charge in [-0.3, -0.25) is 4.79 Å². The highest BCUT2D eigenvalue weighted by Gasteiger charge is 2.30. The standard InChI is InChI=1S/C15H17N3O/c19-15(7-6-13-4-2-1-3-5-13)18-10-14(11-18)17-9-8-16-12-17/h1-5,8-9,12,14H,6-7,10-11H2. The molecular weight excluding hydrogens is 238 g/mol. The van der Waals surface area contributed by atoms with Gasteiger partial charge in [0.05, 0.1) is 12.4 Å². The number of aryl methyl sites for hydroxylation is 1. The fourth-order valence-electron chi connectivity index (χ4n) is 2.39. The fraction of sp³-hybridized carbons (Fsp3) is 0.333. The van der Waals surface area contributed by atoms with Crippen LogP contribution in [0.15, 0.2) is 49.1 Å². The van der Waals surface area contributed by atoms with Gasteiger partial charge >= 0.3 is 0 Å². The number of amides is 1. The minimum absolute atomic E-state index is 0.250. The molecular formula is C15H17N3O. The number of carbonyl (C=O) groups excluding carboxylic acids is 1. The van der Waals surface area contributed by atoms with E-state index < -0.39 is 0 Å². The minimum Gasteiger partial charge on any atom is -0.338 e. The average Bonchev–Trinajstić information content (AvgIpc) is 2.90. The quantitative estimate of drug-likeness (QED) is 0.837. The lowest BCUT2D eigenvalue weighted by Crippen LogP contribution is -2.50. The number of hydrogen-bond donors (Lipinski definition) is 0. The number of benzene rings is 1. The number of nitrogens with zero attached hydrogens (tertiary/aromatic N) is 3. The molecule has 1 aliphatic heterocycles. The normalized spacial score (nSPS) is 15.3. The molecule has 1 aromatic heterocycles. The Morgan fingerprint density at radius 3 is 2.74 bits per heavy atom. The van der Waals surface area contributed by atoms with Crippen LogP contribution in [0.3, 0.4) is 0 Å². The van der Waals surface area contributed by atoms with E-state index in [1.807, 2.05) is 35.6 Å². The van der Waals surface area contributed by atoms with Crippen molar-refractivity contribution in [3.8, 4) is 0 Å². The van der Waals surface area contributed by atoms with Gasteiger partial charge in [0.15, 0.2) is 0 Å². The SMILES string of the molecule is O=C(CCc1ccccc1)N1CC(n2ccnc2)C1. The Balaban J connectivity index is 1.46. The van der Waals surface area contributed by atoms with Gasteiger partial charge in [-0.05, 0) is 12.0 Å². The van der Waals surface area contributed by atoms with Crippen molar-refractivity contribution in [2.75, 3.05) is 13.1 Å². The molecule has 0 radical (unpaired) electrons. The highest BCUT2D eigenvalue weighted by Crippen LogP contribution is 2.21. The van der Waals surface area contributed by atoms with Crippen LogP contribution < -0.4 is 0 Å². The molecule has 1 aromatic carbocycles. The van der Waals surface area contributed by atoms with Gasteiger partial charge in [0, 0.05) is 31.9 Å². The number of rotatable bonds is 4. The number of imidazole rings is 1. The molecule has 4 heteroatoms. The summed E-state index contributed by atoms with van der Waals surface area (Å²) in [5.41, 5.74) is 1.22. The van der Waals surface area contributed by atoms with Crippen molar-refractivity contribution >= 4 is 5.91 Å². The van der Waals surface area contributed by atoms with Crippen LogP contribution in [-0.4, -0.2) is 33.4 Å². The van der Waals surface area contributed by atoms with Crippen molar-refractivity contribution in [3.05, 3.63) is 54.6 Å². The predicted molar refractivity (Wildman–Crippen MR) is 72.6 cm³/mol. The van der Waals surface area contributed by atoms with Gasteiger partial charge in [-0.15, -0.1) is 0 Å². The third-order valence-corrected chi connectivity index (χ3v) is 3.63. The van der Waals surface area contributed by atoms with Gasteiger partial charge in [-0.1, -0.05) is 30.3 Å². The molecule has 1 fully saturated rings. The van der Waals surface area contributed by atoms with Crippen LogP contribution in [0, 0.1) is 0 Å². The molecule has 2 aromatic rings. The maximum Gasteiger partial charge on any atom is 0.223 e. The van der Waals surface area contributed by atoms with Gasteiger partial charge in [0.25, 0.3) is 0 Å². The molecule has 0 N–H and O–H groups in total. The lowest BCUT2D eigenvalue weighted by molar-refractivity contribution is -0.136. The smallest absolute Gasteiger partial charge is 0.223 e. The monoisotopic (exact) mass is 255 g/mol. The third-order valence-electron chi connectivity index (χ3n) is 3.63. The Bertz CT molecular complexity index is 530. The van der Waals surface area contributed by atoms with Gasteiger partial charge < -0.3 is 9.47 Å². The molecule has 3 rings (SSSR count). The van der Waals surface area contributed by atoms with E-state index in [1.165, 1.54) is 5.56 Å². The second-order valence-electron chi connectivity index (χ2n) is 4.95. The number of hydrogen-bond acceptors (Lipinski definition) is 2. The summed E-state index contributed by atoms with van der Waals surface area (Å²) in [5, 5.41) is 0. The van der Waals surface area contributed by atoms with Gasteiger partial charge in [-0.25, -0.2) is 4.98 Å². The average molecular weight is 255 g/mol. The van der Waals surface area contributed by atoms with E-state index in [-0.39, 0.29) is 5.91 Å². The van der Waals surface area contributed by atoms with Gasteiger partial charge in [-0.2, -0.15) is 0 Å². The molecule has 0 bridgehead atoms. The molecule has 0 aliphatic carbocycles. The van der Waals surface area contributed by atoms with Crippen LogP contribution in [0.5, 0.6) is 0 Å². The number of likely N-dealkylation sites (tertiary alicyclic amines) is 1. The maximum atomic E-state index is 12.0. The van der Waals surface area contributed by atoms with Crippen molar-refractivity contribution in [2.45, 2.75) is 18.9 Å². The van der Waals surface area contributed by atoms with E-state index in [2.05, 4.69) is 21.7 Å². The summed E-state index contributed by atoms with van der Waals surface area (Å²) in [5.74, 6) is 0.250. The van der Waals surface area contributed by atoms with Crippen molar-refractivity contribution in [1.29, 1.82) is 0 Å². The highest BCUT2D eigenvalue weighted by molar-refractivity contribution is 5.77. The third kappa shape index (κ3) is 2.67. The summed E-state index contributed by atoms with van der Waals surface area (Å²) >= 11 is 0. The molecule has 4 nitrogen and oxygen atoms in total. The lowest BCUT2D eigenvalue weighted by Gasteiger charge is -2.39. The summed E-state index contributed by atoms with van der Waals surface area (Å²) in [6, 6.07) is 10.6. The van der Waals surface area contributed by atoms with E-state index in [9.17, 15) is 4.79 Å². The first kappa shape index (κ1) is 12.0. The largest absolute Gasteiger partial charge is 0.338 e. The first-order valence-electron chi connectivity index (χ1n) is 6.62. The second kappa shape index (κ2) is 5.26. The summed E-state index contributed by atoms with van der Waals surface area (Å²) in [7, 11) is 0. The second-order valence-corrected chi connectivity index (χ2v) is 4.95. The van der Waals surface area contributed by atoms with Crippen LogP contribution in [0.4, 0.5) is 0 Å². The Hall–Kier alpha value is -2.10. The van der Waals surface area contributed by atoms with Gasteiger partial charge in [0.1, 0.15) is 0 Å². The first-order chi connectivity index (χ1) is 9.33. The molecule has 0 atom stereocenters. The van der Waals surface area contributed by atoms with E-state index in [4.69, 9.17) is 0 Å². The van der Waals surface area contributed by atoms with E-state index in [0.717, 1.165) is 19.5 Å². The maximum absolute atomic E-state index is 12.0. The molecule has 1 saturated heterocycles. The lowest BCUT2D eigenvalue weighted by atomic mass is 10.1.